The van der Waals surface area contributed by atoms with E-state index < -0.39 is 0 Å². The van der Waals surface area contributed by atoms with Gasteiger partial charge in [-0.05, 0) is 24.5 Å². The zero-order chi connectivity index (χ0) is 13.7. The number of benzene rings is 1. The van der Waals surface area contributed by atoms with Gasteiger partial charge in [0, 0.05) is 25.3 Å². The highest BCUT2D eigenvalue weighted by Gasteiger charge is 2.28. The van der Waals surface area contributed by atoms with Crippen molar-refractivity contribution in [3.05, 3.63) is 42.5 Å². The molecule has 19 heavy (non-hydrogen) atoms. The van der Waals surface area contributed by atoms with Crippen molar-refractivity contribution in [2.24, 2.45) is 0 Å². The molecule has 2 rings (SSSR count). The molecule has 0 fully saturated rings. The number of hydrogen-bond acceptors (Lipinski definition) is 2. The Balaban J connectivity index is 2.21. The van der Waals surface area contributed by atoms with Gasteiger partial charge in [0.25, 0.3) is 0 Å². The van der Waals surface area contributed by atoms with Crippen LogP contribution in [0.4, 0.5) is 5.69 Å². The quantitative estimate of drug-likeness (QED) is 0.823. The summed E-state index contributed by atoms with van der Waals surface area (Å²) < 4.78 is 0. The number of anilines is 1. The van der Waals surface area contributed by atoms with Crippen LogP contribution in [-0.2, 0) is 4.79 Å². The molecule has 3 heteroatoms. The second kappa shape index (κ2) is 6.41. The molecule has 1 aromatic rings. The summed E-state index contributed by atoms with van der Waals surface area (Å²) >= 11 is 0. The van der Waals surface area contributed by atoms with Crippen LogP contribution >= 0.6 is 0 Å². The molecule has 0 saturated carbocycles. The van der Waals surface area contributed by atoms with Crippen LogP contribution in [0.15, 0.2) is 36.9 Å². The average molecular weight is 258 g/mol. The van der Waals surface area contributed by atoms with Gasteiger partial charge in [-0.1, -0.05) is 31.2 Å². The molecule has 1 aliphatic heterocycles. The molecule has 1 heterocycles. The van der Waals surface area contributed by atoms with Crippen LogP contribution in [-0.4, -0.2) is 30.4 Å². The number of nitrogens with one attached hydrogen (secondary N) is 1. The van der Waals surface area contributed by atoms with Crippen molar-refractivity contribution >= 4 is 11.6 Å². The number of fused-ring (bicyclic) bond motifs is 1. The smallest absolute Gasteiger partial charge is 0.230 e. The minimum atomic E-state index is -0.0102. The molecule has 1 aromatic carbocycles. The van der Waals surface area contributed by atoms with Crippen molar-refractivity contribution < 1.29 is 4.79 Å². The minimum Gasteiger partial charge on any atom is -0.385 e. The number of carbonyl (C=O) groups is 1. The fraction of sp³-hybridized carbons (Fsp3) is 0.438. The van der Waals surface area contributed by atoms with Crippen molar-refractivity contribution in [2.75, 3.05) is 25.0 Å². The third kappa shape index (κ3) is 2.98. The van der Waals surface area contributed by atoms with Gasteiger partial charge in [-0.3, -0.25) is 4.79 Å². The summed E-state index contributed by atoms with van der Waals surface area (Å²) in [7, 11) is 0. The van der Waals surface area contributed by atoms with E-state index in [1.807, 2.05) is 23.1 Å². The Morgan fingerprint density at radius 3 is 3.05 bits per heavy atom. The molecule has 0 aromatic heterocycles. The molecule has 1 atom stereocenters. The Bertz CT molecular complexity index is 456. The third-order valence-corrected chi connectivity index (χ3v) is 3.54. The van der Waals surface area contributed by atoms with Crippen LogP contribution in [0.2, 0.25) is 0 Å². The molecule has 102 valence electrons. The molecule has 0 radical (unpaired) electrons. The first-order valence-electron chi connectivity index (χ1n) is 7.00. The lowest BCUT2D eigenvalue weighted by atomic mass is 9.89. The van der Waals surface area contributed by atoms with E-state index in [-0.39, 0.29) is 11.8 Å². The SMILES string of the molecule is C=CCN(CCC)C(=O)C1CCNc2ccccc21. The molecular formula is C16H22N2O. The summed E-state index contributed by atoms with van der Waals surface area (Å²) in [5.74, 6) is 0.222. The second-order valence-corrected chi connectivity index (χ2v) is 4.93. The minimum absolute atomic E-state index is 0.0102. The van der Waals surface area contributed by atoms with Gasteiger partial charge in [0.15, 0.2) is 0 Å². The maximum absolute atomic E-state index is 12.7. The van der Waals surface area contributed by atoms with Gasteiger partial charge in [-0.25, -0.2) is 0 Å². The largest absolute Gasteiger partial charge is 0.385 e. The van der Waals surface area contributed by atoms with Gasteiger partial charge < -0.3 is 10.2 Å². The fourth-order valence-electron chi connectivity index (χ4n) is 2.66. The Morgan fingerprint density at radius 1 is 1.53 bits per heavy atom. The molecule has 1 unspecified atom stereocenters. The monoisotopic (exact) mass is 258 g/mol. The standard InChI is InChI=1S/C16H22N2O/c1-3-11-18(12-4-2)16(19)14-9-10-17-15-8-6-5-7-13(14)15/h3,5-8,14,17H,1,4,9-12H2,2H3. The van der Waals surface area contributed by atoms with Crippen LogP contribution in [0.3, 0.4) is 0 Å². The Labute approximate surface area is 115 Å². The summed E-state index contributed by atoms with van der Waals surface area (Å²) in [5, 5.41) is 3.36. The predicted molar refractivity (Wildman–Crippen MR) is 79.4 cm³/mol. The first kappa shape index (κ1) is 13.7. The first-order chi connectivity index (χ1) is 9.27. The molecule has 0 aliphatic carbocycles. The van der Waals surface area contributed by atoms with Gasteiger partial charge in [0.1, 0.15) is 0 Å². The zero-order valence-electron chi connectivity index (χ0n) is 11.6. The average Bonchev–Trinajstić information content (AvgIpc) is 2.46. The zero-order valence-corrected chi connectivity index (χ0v) is 11.6. The van der Waals surface area contributed by atoms with Crippen LogP contribution in [0, 0.1) is 0 Å². The Hall–Kier alpha value is -1.77. The second-order valence-electron chi connectivity index (χ2n) is 4.93. The molecule has 0 spiro atoms. The van der Waals surface area contributed by atoms with Crippen molar-refractivity contribution in [3.63, 3.8) is 0 Å². The number of amides is 1. The summed E-state index contributed by atoms with van der Waals surface area (Å²) in [5.41, 5.74) is 2.23. The first-order valence-corrected chi connectivity index (χ1v) is 7.00. The highest BCUT2D eigenvalue weighted by atomic mass is 16.2. The van der Waals surface area contributed by atoms with Crippen molar-refractivity contribution in [3.8, 4) is 0 Å². The van der Waals surface area contributed by atoms with E-state index in [2.05, 4.69) is 24.9 Å². The molecule has 0 bridgehead atoms. The van der Waals surface area contributed by atoms with Gasteiger partial charge in [0.05, 0.1) is 5.92 Å². The lowest BCUT2D eigenvalue weighted by Crippen LogP contribution is -2.38. The fourth-order valence-corrected chi connectivity index (χ4v) is 2.66. The molecule has 0 saturated heterocycles. The van der Waals surface area contributed by atoms with E-state index in [4.69, 9.17) is 0 Å². The van der Waals surface area contributed by atoms with Gasteiger partial charge in [0.2, 0.25) is 5.91 Å². The van der Waals surface area contributed by atoms with E-state index in [9.17, 15) is 4.79 Å². The van der Waals surface area contributed by atoms with Crippen molar-refractivity contribution in [1.82, 2.24) is 4.90 Å². The molecule has 1 aliphatic rings. The Kier molecular flexibility index (Phi) is 4.61. The molecular weight excluding hydrogens is 236 g/mol. The number of carbonyl (C=O) groups excluding carboxylic acids is 1. The highest BCUT2D eigenvalue weighted by molar-refractivity contribution is 5.86. The van der Waals surface area contributed by atoms with Crippen LogP contribution in [0.1, 0.15) is 31.2 Å². The summed E-state index contributed by atoms with van der Waals surface area (Å²) in [6.07, 6.45) is 3.65. The van der Waals surface area contributed by atoms with Gasteiger partial charge in [-0.15, -0.1) is 6.58 Å². The lowest BCUT2D eigenvalue weighted by Gasteiger charge is -2.30. The van der Waals surface area contributed by atoms with E-state index in [1.54, 1.807) is 6.08 Å². The Morgan fingerprint density at radius 2 is 2.32 bits per heavy atom. The highest BCUT2D eigenvalue weighted by Crippen LogP contribution is 2.32. The van der Waals surface area contributed by atoms with Gasteiger partial charge >= 0.3 is 0 Å². The van der Waals surface area contributed by atoms with Crippen LogP contribution < -0.4 is 5.32 Å². The van der Waals surface area contributed by atoms with Gasteiger partial charge in [-0.2, -0.15) is 0 Å². The number of nitrogens with zero attached hydrogens (tertiary/aromatic N) is 1. The summed E-state index contributed by atoms with van der Waals surface area (Å²) in [6, 6.07) is 8.12. The van der Waals surface area contributed by atoms with E-state index in [1.165, 1.54) is 0 Å². The summed E-state index contributed by atoms with van der Waals surface area (Å²) in [6.45, 7) is 8.15. The lowest BCUT2D eigenvalue weighted by molar-refractivity contribution is -0.132. The van der Waals surface area contributed by atoms with Crippen LogP contribution in [0.25, 0.3) is 0 Å². The van der Waals surface area contributed by atoms with Crippen molar-refractivity contribution in [1.29, 1.82) is 0 Å². The van der Waals surface area contributed by atoms with Crippen LogP contribution in [0.5, 0.6) is 0 Å². The van der Waals surface area contributed by atoms with E-state index in [0.29, 0.717) is 6.54 Å². The maximum Gasteiger partial charge on any atom is 0.230 e. The molecule has 1 N–H and O–H groups in total. The van der Waals surface area contributed by atoms with E-state index >= 15 is 0 Å². The predicted octanol–water partition coefficient (Wildman–Crippen LogP) is 3.01. The number of rotatable bonds is 5. The normalized spacial score (nSPS) is 17.2. The van der Waals surface area contributed by atoms with Crippen molar-refractivity contribution in [2.45, 2.75) is 25.7 Å². The number of hydrogen-bond donors (Lipinski definition) is 1. The topological polar surface area (TPSA) is 32.3 Å². The molecule has 1 amide bonds. The number of para-hydroxylation sites is 1. The van der Waals surface area contributed by atoms with E-state index in [0.717, 1.165) is 37.2 Å². The summed E-state index contributed by atoms with van der Waals surface area (Å²) in [4.78, 5) is 14.6. The maximum atomic E-state index is 12.7. The third-order valence-electron chi connectivity index (χ3n) is 3.54. The molecule has 3 nitrogen and oxygen atoms in total.